The summed E-state index contributed by atoms with van der Waals surface area (Å²) in [6.45, 7) is 3.98. The van der Waals surface area contributed by atoms with Crippen LogP contribution in [0.2, 0.25) is 0 Å². The summed E-state index contributed by atoms with van der Waals surface area (Å²) in [6.07, 6.45) is 0.848. The number of ether oxygens (including phenoxy) is 1. The predicted octanol–water partition coefficient (Wildman–Crippen LogP) is 2.48. The molecule has 0 heterocycles. The van der Waals surface area contributed by atoms with Gasteiger partial charge in [0.05, 0.1) is 0 Å². The van der Waals surface area contributed by atoms with Crippen molar-refractivity contribution in [3.05, 3.63) is 29.1 Å². The Hall–Kier alpha value is -0.492. The Morgan fingerprint density at radius 1 is 1.50 bits per heavy atom. The van der Waals surface area contributed by atoms with Gasteiger partial charge < -0.3 is 0 Å². The molecule has 0 N–H and O–H groups in total. The maximum absolute atomic E-state index is 13.8. The number of methoxy groups -OCH3 is 1. The van der Waals surface area contributed by atoms with Crippen LogP contribution in [0.4, 0.5) is 4.39 Å². The van der Waals surface area contributed by atoms with Crippen LogP contribution in [0.1, 0.15) is 25.0 Å². The third-order valence-corrected chi connectivity index (χ3v) is 2.88. The van der Waals surface area contributed by atoms with Gasteiger partial charge in [0.25, 0.3) is 0 Å². The number of aryl methyl sites for hydroxylation is 1. The van der Waals surface area contributed by atoms with E-state index >= 15 is 0 Å². The number of rotatable bonds is 3. The summed E-state index contributed by atoms with van der Waals surface area (Å²) in [6, 6.07) is 3.62. The fraction of sp³-hybridized carbons (Fsp3) is 0.364. The van der Waals surface area contributed by atoms with Crippen LogP contribution in [0.25, 0.3) is 0 Å². The molecule has 1 aromatic carbocycles. The molecule has 1 rings (SSSR count). The van der Waals surface area contributed by atoms with E-state index in [-0.39, 0.29) is 5.82 Å². The van der Waals surface area contributed by atoms with Crippen LogP contribution in [0, 0.1) is 5.82 Å². The van der Waals surface area contributed by atoms with Crippen molar-refractivity contribution in [3.8, 4) is 5.75 Å². The van der Waals surface area contributed by atoms with E-state index in [1.54, 1.807) is 6.07 Å². The van der Waals surface area contributed by atoms with Gasteiger partial charge in [0.15, 0.2) is 0 Å². The van der Waals surface area contributed by atoms with Crippen molar-refractivity contribution in [2.45, 2.75) is 20.3 Å². The normalized spacial score (nSPS) is 10.0. The fourth-order valence-corrected chi connectivity index (χ4v) is 2.22. The van der Waals surface area contributed by atoms with Crippen molar-refractivity contribution in [3.63, 3.8) is 0 Å². The number of halogens is 1. The van der Waals surface area contributed by atoms with Crippen LogP contribution in [0.3, 0.4) is 0 Å². The monoisotopic (exact) mass is 364 g/mol. The average Bonchev–Trinajstić information content (AvgIpc) is 2.16. The molecule has 0 amide bonds. The third kappa shape index (κ3) is 2.12. The molecule has 0 saturated heterocycles. The first-order valence-electron chi connectivity index (χ1n) is 4.48. The van der Waals surface area contributed by atoms with Gasteiger partial charge >= 0.3 is 94.6 Å². The van der Waals surface area contributed by atoms with Crippen LogP contribution < -0.4 is 4.74 Å². The Balaban J connectivity index is 3.39. The summed E-state index contributed by atoms with van der Waals surface area (Å²) in [7, 11) is 1.49. The molecule has 0 bridgehead atoms. The molecule has 3 heteroatoms. The minimum absolute atomic E-state index is 0.223. The van der Waals surface area contributed by atoms with E-state index in [9.17, 15) is 4.39 Å². The van der Waals surface area contributed by atoms with Gasteiger partial charge in [0.2, 0.25) is 0 Å². The molecule has 0 aliphatic heterocycles. The zero-order valence-electron chi connectivity index (χ0n) is 8.56. The molecule has 0 unspecified atom stereocenters. The molecular weight excluding hydrogens is 351 g/mol. The Morgan fingerprint density at radius 2 is 2.14 bits per heavy atom. The zero-order valence-corrected chi connectivity index (χ0v) is 11.5. The maximum atomic E-state index is 13.8. The molecular formula is C11H13FOW. The van der Waals surface area contributed by atoms with E-state index in [1.165, 1.54) is 26.5 Å². The van der Waals surface area contributed by atoms with Crippen LogP contribution >= 0.6 is 0 Å². The Kier molecular flexibility index (Phi) is 4.00. The SMILES string of the molecule is CCc1ccc(OC)c(F)c1[C](C)=[W]. The number of hydrogen-bond acceptors (Lipinski definition) is 1. The molecule has 0 fully saturated rings. The van der Waals surface area contributed by atoms with E-state index in [1.807, 2.05) is 19.9 Å². The molecule has 0 spiro atoms. The fourth-order valence-electron chi connectivity index (χ4n) is 1.43. The van der Waals surface area contributed by atoms with Crippen molar-refractivity contribution in [1.82, 2.24) is 0 Å². The van der Waals surface area contributed by atoms with Gasteiger partial charge in [-0.25, -0.2) is 0 Å². The van der Waals surface area contributed by atoms with E-state index in [2.05, 4.69) is 0 Å². The van der Waals surface area contributed by atoms with Crippen molar-refractivity contribution in [1.29, 1.82) is 0 Å². The molecule has 14 heavy (non-hydrogen) atoms. The summed E-state index contributed by atoms with van der Waals surface area (Å²) in [4.78, 5) is 0. The molecule has 76 valence electrons. The summed E-state index contributed by atoms with van der Waals surface area (Å²) in [5.41, 5.74) is 1.79. The number of hydrogen-bond donors (Lipinski definition) is 0. The third-order valence-electron chi connectivity index (χ3n) is 2.15. The van der Waals surface area contributed by atoms with Crippen LogP contribution in [0.15, 0.2) is 12.1 Å². The van der Waals surface area contributed by atoms with Crippen molar-refractivity contribution in [2.75, 3.05) is 7.11 Å². The van der Waals surface area contributed by atoms with Crippen LogP contribution in [0.5, 0.6) is 5.75 Å². The van der Waals surface area contributed by atoms with E-state index in [0.29, 0.717) is 5.75 Å². The van der Waals surface area contributed by atoms with Gasteiger partial charge in [-0.3, -0.25) is 0 Å². The first-order chi connectivity index (χ1) is 6.61. The Bertz CT molecular complexity index is 361. The van der Waals surface area contributed by atoms with Gasteiger partial charge in [-0.1, -0.05) is 0 Å². The molecule has 0 saturated carbocycles. The summed E-state index contributed by atoms with van der Waals surface area (Å²) < 4.78 is 19.9. The van der Waals surface area contributed by atoms with Gasteiger partial charge in [0.1, 0.15) is 0 Å². The Labute approximate surface area is 94.7 Å². The van der Waals surface area contributed by atoms with Gasteiger partial charge in [0, 0.05) is 0 Å². The average molecular weight is 364 g/mol. The molecule has 0 aliphatic rings. The van der Waals surface area contributed by atoms with Gasteiger partial charge in [-0.15, -0.1) is 0 Å². The molecule has 0 aromatic heterocycles. The second-order valence-corrected chi connectivity index (χ2v) is 5.23. The number of benzene rings is 1. The second kappa shape index (κ2) is 4.84. The van der Waals surface area contributed by atoms with Gasteiger partial charge in [-0.05, 0) is 0 Å². The Morgan fingerprint density at radius 3 is 2.57 bits per heavy atom. The van der Waals surface area contributed by atoms with E-state index in [4.69, 9.17) is 4.74 Å². The quantitative estimate of drug-likeness (QED) is 0.801. The van der Waals surface area contributed by atoms with Gasteiger partial charge in [-0.2, -0.15) is 0 Å². The van der Waals surface area contributed by atoms with Crippen molar-refractivity contribution in [2.24, 2.45) is 0 Å². The molecule has 1 aromatic rings. The first-order valence-corrected chi connectivity index (χ1v) is 5.94. The van der Waals surface area contributed by atoms with Crippen LogP contribution in [-0.2, 0) is 25.8 Å². The molecule has 0 atom stereocenters. The summed E-state index contributed by atoms with van der Waals surface area (Å²) in [5, 5.41) is 0. The van der Waals surface area contributed by atoms with Crippen molar-refractivity contribution < 1.29 is 28.5 Å². The summed E-state index contributed by atoms with van der Waals surface area (Å²) >= 11 is 1.29. The first kappa shape index (κ1) is 11.6. The minimum atomic E-state index is -0.223. The molecule has 1 nitrogen and oxygen atoms in total. The predicted molar refractivity (Wildman–Crippen MR) is 52.1 cm³/mol. The van der Waals surface area contributed by atoms with Crippen LogP contribution in [-0.4, -0.2) is 11.0 Å². The standard InChI is InChI=1S/C11H13FO.W/c1-4-8-6-7-10(13-3)11(12)9(8)5-2;/h6-7H,4H2,1-3H3;. The van der Waals surface area contributed by atoms with E-state index in [0.717, 1.165) is 21.4 Å². The summed E-state index contributed by atoms with van der Waals surface area (Å²) in [5.74, 6) is 0.108. The van der Waals surface area contributed by atoms with Crippen molar-refractivity contribution >= 4 is 3.90 Å². The molecule has 0 aliphatic carbocycles. The zero-order chi connectivity index (χ0) is 10.7. The van der Waals surface area contributed by atoms with E-state index < -0.39 is 0 Å². The second-order valence-electron chi connectivity index (χ2n) is 3.03. The molecule has 0 radical (unpaired) electrons. The topological polar surface area (TPSA) is 9.23 Å².